The van der Waals surface area contributed by atoms with Crippen LogP contribution in [-0.4, -0.2) is 28.1 Å². The van der Waals surface area contributed by atoms with Crippen molar-refractivity contribution in [2.75, 3.05) is 0 Å². The molecule has 0 unspecified atom stereocenters. The molecular weight excluding hydrogens is 296 g/mol. The number of carbonyl (C=O) groups is 1. The van der Waals surface area contributed by atoms with Gasteiger partial charge in [-0.2, -0.15) is 0 Å². The number of carbonyl (C=O) groups excluding carboxylic acids is 1. The minimum absolute atomic E-state index is 0.0656. The molecule has 0 bridgehead atoms. The van der Waals surface area contributed by atoms with Crippen LogP contribution in [0.1, 0.15) is 41.7 Å². The fourth-order valence-corrected chi connectivity index (χ4v) is 3.54. The highest BCUT2D eigenvalue weighted by Gasteiger charge is 2.22. The zero-order chi connectivity index (χ0) is 15.5. The fourth-order valence-electron chi connectivity index (χ4n) is 2.85. The van der Waals surface area contributed by atoms with E-state index in [9.17, 15) is 9.90 Å². The minimum Gasteiger partial charge on any atom is -0.393 e. The zero-order valence-corrected chi connectivity index (χ0v) is 13.4. The molecule has 0 saturated heterocycles. The van der Waals surface area contributed by atoms with E-state index in [1.807, 2.05) is 36.6 Å². The summed E-state index contributed by atoms with van der Waals surface area (Å²) in [7, 11) is 0. The quantitative estimate of drug-likeness (QED) is 0.914. The van der Waals surface area contributed by atoms with Crippen molar-refractivity contribution in [3.8, 4) is 10.6 Å². The summed E-state index contributed by atoms with van der Waals surface area (Å²) in [4.78, 5) is 18.1. The van der Waals surface area contributed by atoms with Crippen LogP contribution in [0.3, 0.4) is 0 Å². The average molecular weight is 316 g/mol. The molecule has 116 valence electrons. The van der Waals surface area contributed by atoms with Crippen LogP contribution in [0.4, 0.5) is 0 Å². The number of hydrogen-bond donors (Lipinski definition) is 2. The van der Waals surface area contributed by atoms with E-state index in [4.69, 9.17) is 0 Å². The van der Waals surface area contributed by atoms with Gasteiger partial charge in [0.25, 0.3) is 5.91 Å². The number of rotatable bonds is 3. The number of pyridine rings is 1. The summed E-state index contributed by atoms with van der Waals surface area (Å²) in [5.74, 6) is -0.0656. The molecule has 5 heteroatoms. The van der Waals surface area contributed by atoms with Gasteiger partial charge in [-0.1, -0.05) is 6.07 Å². The maximum Gasteiger partial charge on any atom is 0.253 e. The highest BCUT2D eigenvalue weighted by Crippen LogP contribution is 2.24. The molecule has 4 nitrogen and oxygen atoms in total. The van der Waals surface area contributed by atoms with Gasteiger partial charge in [0.1, 0.15) is 0 Å². The minimum atomic E-state index is -0.207. The number of hydrogen-bond acceptors (Lipinski definition) is 4. The van der Waals surface area contributed by atoms with Crippen LogP contribution in [-0.2, 0) is 0 Å². The monoisotopic (exact) mass is 316 g/mol. The van der Waals surface area contributed by atoms with Crippen LogP contribution < -0.4 is 5.32 Å². The second-order valence-corrected chi connectivity index (χ2v) is 6.73. The first kappa shape index (κ1) is 15.2. The first-order valence-corrected chi connectivity index (χ1v) is 8.52. The SMILES string of the molecule is Cc1nc(-c2cccs2)ccc1C(=O)NC1CCC(O)CC1. The van der Waals surface area contributed by atoms with E-state index >= 15 is 0 Å². The van der Waals surface area contributed by atoms with Gasteiger partial charge in [-0.05, 0) is 56.2 Å². The largest absolute Gasteiger partial charge is 0.393 e. The third-order valence-corrected chi connectivity index (χ3v) is 5.03. The normalized spacial score (nSPS) is 21.5. The molecule has 1 fully saturated rings. The molecule has 1 aliphatic rings. The van der Waals surface area contributed by atoms with Crippen molar-refractivity contribution in [1.82, 2.24) is 10.3 Å². The molecule has 0 aliphatic heterocycles. The van der Waals surface area contributed by atoms with Gasteiger partial charge in [0.05, 0.1) is 27.9 Å². The van der Waals surface area contributed by atoms with E-state index in [1.165, 1.54) is 0 Å². The number of aromatic nitrogens is 1. The van der Waals surface area contributed by atoms with Crippen LogP contribution in [0.5, 0.6) is 0 Å². The Morgan fingerprint density at radius 1 is 1.27 bits per heavy atom. The topological polar surface area (TPSA) is 62.2 Å². The van der Waals surface area contributed by atoms with Gasteiger partial charge in [-0.25, -0.2) is 0 Å². The summed E-state index contributed by atoms with van der Waals surface area (Å²) < 4.78 is 0. The molecular formula is C17H20N2O2S. The Bertz CT molecular complexity index is 647. The second-order valence-electron chi connectivity index (χ2n) is 5.79. The number of amides is 1. The van der Waals surface area contributed by atoms with Crippen molar-refractivity contribution in [1.29, 1.82) is 0 Å². The third-order valence-electron chi connectivity index (χ3n) is 4.14. The Kier molecular flexibility index (Phi) is 4.55. The Morgan fingerprint density at radius 3 is 2.68 bits per heavy atom. The van der Waals surface area contributed by atoms with Gasteiger partial charge >= 0.3 is 0 Å². The molecule has 1 aliphatic carbocycles. The van der Waals surface area contributed by atoms with Gasteiger partial charge < -0.3 is 10.4 Å². The number of thiophene rings is 1. The van der Waals surface area contributed by atoms with E-state index in [-0.39, 0.29) is 18.1 Å². The number of aliphatic hydroxyl groups excluding tert-OH is 1. The van der Waals surface area contributed by atoms with Crippen LogP contribution in [0, 0.1) is 6.92 Å². The molecule has 3 rings (SSSR count). The lowest BCUT2D eigenvalue weighted by Crippen LogP contribution is -2.38. The number of aryl methyl sites for hydroxylation is 1. The van der Waals surface area contributed by atoms with Crippen LogP contribution in [0.15, 0.2) is 29.6 Å². The van der Waals surface area contributed by atoms with Gasteiger partial charge in [0, 0.05) is 6.04 Å². The lowest BCUT2D eigenvalue weighted by molar-refractivity contribution is 0.0866. The lowest BCUT2D eigenvalue weighted by atomic mass is 9.93. The van der Waals surface area contributed by atoms with Crippen molar-refractivity contribution in [3.63, 3.8) is 0 Å². The summed E-state index contributed by atoms with van der Waals surface area (Å²) in [5, 5.41) is 14.6. The Labute approximate surface area is 134 Å². The van der Waals surface area contributed by atoms with Gasteiger partial charge in [-0.15, -0.1) is 11.3 Å². The fraction of sp³-hybridized carbons (Fsp3) is 0.412. The molecule has 2 aromatic rings. The standard InChI is InChI=1S/C17H20N2O2S/c1-11-14(8-9-15(18-11)16-3-2-10-22-16)17(21)19-12-4-6-13(20)7-5-12/h2-3,8-10,12-13,20H,4-7H2,1H3,(H,19,21). The molecule has 0 aromatic carbocycles. The van der Waals surface area contributed by atoms with Gasteiger partial charge in [0.2, 0.25) is 0 Å². The van der Waals surface area contributed by atoms with Crippen molar-refractivity contribution in [3.05, 3.63) is 40.9 Å². The lowest BCUT2D eigenvalue weighted by Gasteiger charge is -2.26. The molecule has 1 saturated carbocycles. The zero-order valence-electron chi connectivity index (χ0n) is 12.6. The molecule has 22 heavy (non-hydrogen) atoms. The molecule has 0 spiro atoms. The Hall–Kier alpha value is -1.72. The number of nitrogens with zero attached hydrogens (tertiary/aromatic N) is 1. The van der Waals surface area contributed by atoms with E-state index in [0.29, 0.717) is 5.56 Å². The predicted molar refractivity (Wildman–Crippen MR) is 88.0 cm³/mol. The smallest absolute Gasteiger partial charge is 0.253 e. The third kappa shape index (κ3) is 3.36. The predicted octanol–water partition coefficient (Wildman–Crippen LogP) is 3.15. The highest BCUT2D eigenvalue weighted by molar-refractivity contribution is 7.13. The van der Waals surface area contributed by atoms with Crippen molar-refractivity contribution >= 4 is 17.2 Å². The van der Waals surface area contributed by atoms with E-state index in [1.54, 1.807) is 11.3 Å². The van der Waals surface area contributed by atoms with Gasteiger partial charge in [0.15, 0.2) is 0 Å². The van der Waals surface area contributed by atoms with Crippen LogP contribution in [0.2, 0.25) is 0 Å². The summed E-state index contributed by atoms with van der Waals surface area (Å²) in [5.41, 5.74) is 2.29. The van der Waals surface area contributed by atoms with Crippen molar-refractivity contribution in [2.45, 2.75) is 44.8 Å². The summed E-state index contributed by atoms with van der Waals surface area (Å²) in [6, 6.07) is 7.93. The summed E-state index contributed by atoms with van der Waals surface area (Å²) in [6.45, 7) is 1.87. The average Bonchev–Trinajstić information content (AvgIpc) is 3.03. The van der Waals surface area contributed by atoms with Crippen molar-refractivity contribution in [2.24, 2.45) is 0 Å². The van der Waals surface area contributed by atoms with Crippen LogP contribution >= 0.6 is 11.3 Å². The summed E-state index contributed by atoms with van der Waals surface area (Å²) in [6.07, 6.45) is 3.00. The van der Waals surface area contributed by atoms with Crippen LogP contribution in [0.25, 0.3) is 10.6 Å². The van der Waals surface area contributed by atoms with E-state index in [2.05, 4.69) is 10.3 Å². The number of nitrogens with one attached hydrogen (secondary N) is 1. The van der Waals surface area contributed by atoms with Crippen molar-refractivity contribution < 1.29 is 9.90 Å². The highest BCUT2D eigenvalue weighted by atomic mass is 32.1. The second kappa shape index (κ2) is 6.58. The first-order chi connectivity index (χ1) is 10.6. The first-order valence-electron chi connectivity index (χ1n) is 7.64. The van der Waals surface area contributed by atoms with Gasteiger partial charge in [-0.3, -0.25) is 9.78 Å². The Morgan fingerprint density at radius 2 is 2.05 bits per heavy atom. The molecule has 2 aromatic heterocycles. The Balaban J connectivity index is 1.70. The summed E-state index contributed by atoms with van der Waals surface area (Å²) >= 11 is 1.64. The number of aliphatic hydroxyl groups is 1. The maximum atomic E-state index is 12.4. The molecule has 0 atom stereocenters. The van der Waals surface area contributed by atoms with E-state index in [0.717, 1.165) is 41.9 Å². The maximum absolute atomic E-state index is 12.4. The molecule has 1 amide bonds. The van der Waals surface area contributed by atoms with E-state index < -0.39 is 0 Å². The molecule has 2 N–H and O–H groups in total. The molecule has 2 heterocycles. The molecule has 0 radical (unpaired) electrons.